The molecule has 0 saturated heterocycles. The van der Waals surface area contributed by atoms with Crippen LogP contribution in [0.5, 0.6) is 0 Å². The minimum Gasteiger partial charge on any atom is -0.319 e. The Kier molecular flexibility index (Phi) is 3.67. The molecule has 1 nitrogen and oxygen atoms in total. The van der Waals surface area contributed by atoms with Crippen molar-refractivity contribution in [1.82, 2.24) is 5.32 Å². The lowest BCUT2D eigenvalue weighted by Gasteiger charge is -2.09. The normalized spacial score (nSPS) is 17.6. The molecule has 0 unspecified atom stereocenters. The molecular formula is C9H14ClN. The Morgan fingerprint density at radius 3 is 2.82 bits per heavy atom. The zero-order chi connectivity index (χ0) is 8.10. The second-order valence-electron chi connectivity index (χ2n) is 2.71. The maximum atomic E-state index is 5.98. The van der Waals surface area contributed by atoms with Crippen molar-refractivity contribution in [3.05, 3.63) is 22.8 Å². The van der Waals surface area contributed by atoms with Crippen LogP contribution in [0.4, 0.5) is 0 Å². The van der Waals surface area contributed by atoms with Gasteiger partial charge in [0.25, 0.3) is 0 Å². The smallest absolute Gasteiger partial charge is 0.0395 e. The van der Waals surface area contributed by atoms with Gasteiger partial charge in [-0.2, -0.15) is 0 Å². The predicted molar refractivity (Wildman–Crippen MR) is 49.8 cm³/mol. The first-order valence-corrected chi connectivity index (χ1v) is 4.42. The van der Waals surface area contributed by atoms with E-state index >= 15 is 0 Å². The van der Waals surface area contributed by atoms with E-state index in [1.54, 1.807) is 0 Å². The summed E-state index contributed by atoms with van der Waals surface area (Å²) >= 11 is 5.98. The lowest BCUT2D eigenvalue weighted by atomic mass is 10.0. The Hall–Kier alpha value is -0.270. The highest BCUT2D eigenvalue weighted by molar-refractivity contribution is 6.32. The van der Waals surface area contributed by atoms with Gasteiger partial charge in [0, 0.05) is 5.03 Å². The van der Waals surface area contributed by atoms with Crippen LogP contribution in [0.2, 0.25) is 0 Å². The molecule has 0 saturated carbocycles. The van der Waals surface area contributed by atoms with E-state index < -0.39 is 0 Å². The third-order valence-electron chi connectivity index (χ3n) is 1.83. The molecule has 0 aromatic heterocycles. The molecule has 0 aromatic carbocycles. The summed E-state index contributed by atoms with van der Waals surface area (Å²) in [5.41, 5.74) is 1.30. The van der Waals surface area contributed by atoms with Crippen LogP contribution in [0.1, 0.15) is 19.3 Å². The molecular weight excluding hydrogens is 158 g/mol. The lowest BCUT2D eigenvalue weighted by molar-refractivity contribution is 0.784. The zero-order valence-corrected chi connectivity index (χ0v) is 7.62. The van der Waals surface area contributed by atoms with E-state index in [-0.39, 0.29) is 0 Å². The van der Waals surface area contributed by atoms with Crippen molar-refractivity contribution in [1.29, 1.82) is 0 Å². The molecule has 1 aliphatic carbocycles. The molecule has 2 heteroatoms. The summed E-state index contributed by atoms with van der Waals surface area (Å²) in [5, 5.41) is 4.06. The second-order valence-corrected chi connectivity index (χ2v) is 3.12. The summed E-state index contributed by atoms with van der Waals surface area (Å²) in [6.45, 7) is 1.01. The molecule has 0 amide bonds. The average molecular weight is 172 g/mol. The zero-order valence-electron chi connectivity index (χ0n) is 6.86. The van der Waals surface area contributed by atoms with Gasteiger partial charge >= 0.3 is 0 Å². The largest absolute Gasteiger partial charge is 0.319 e. The number of allylic oxidation sites excluding steroid dienone is 3. The van der Waals surface area contributed by atoms with Crippen molar-refractivity contribution in [2.75, 3.05) is 13.6 Å². The highest BCUT2D eigenvalue weighted by Gasteiger charge is 2.04. The highest BCUT2D eigenvalue weighted by Crippen LogP contribution is 2.23. The number of hydrogen-bond acceptors (Lipinski definition) is 1. The van der Waals surface area contributed by atoms with Crippen molar-refractivity contribution >= 4 is 11.6 Å². The molecule has 0 spiro atoms. The van der Waals surface area contributed by atoms with Crippen molar-refractivity contribution in [2.24, 2.45) is 0 Å². The van der Waals surface area contributed by atoms with Crippen LogP contribution >= 0.6 is 11.6 Å². The molecule has 11 heavy (non-hydrogen) atoms. The van der Waals surface area contributed by atoms with Gasteiger partial charge in [-0.25, -0.2) is 0 Å². The summed E-state index contributed by atoms with van der Waals surface area (Å²) in [5.74, 6) is 0. The molecule has 0 fully saturated rings. The van der Waals surface area contributed by atoms with Crippen molar-refractivity contribution < 1.29 is 0 Å². The van der Waals surface area contributed by atoms with Crippen LogP contribution in [0.25, 0.3) is 0 Å². The van der Waals surface area contributed by atoms with Crippen molar-refractivity contribution in [3.8, 4) is 0 Å². The van der Waals surface area contributed by atoms with Gasteiger partial charge < -0.3 is 5.32 Å². The Bertz CT molecular complexity index is 182. The first kappa shape index (κ1) is 8.82. The maximum absolute atomic E-state index is 5.98. The minimum absolute atomic E-state index is 0.950. The van der Waals surface area contributed by atoms with E-state index in [1.165, 1.54) is 5.57 Å². The van der Waals surface area contributed by atoms with Crippen LogP contribution in [0, 0.1) is 0 Å². The Morgan fingerprint density at radius 2 is 2.18 bits per heavy atom. The Balaban J connectivity index is 2.43. The van der Waals surface area contributed by atoms with E-state index in [0.29, 0.717) is 0 Å². The van der Waals surface area contributed by atoms with E-state index in [4.69, 9.17) is 11.6 Å². The third-order valence-corrected chi connectivity index (χ3v) is 2.23. The van der Waals surface area contributed by atoms with Gasteiger partial charge in [-0.1, -0.05) is 23.8 Å². The summed E-state index contributed by atoms with van der Waals surface area (Å²) in [6.07, 6.45) is 7.63. The lowest BCUT2D eigenvalue weighted by Crippen LogP contribution is -2.09. The SMILES string of the molecule is CNCCC1=CCCC=C1Cl. The van der Waals surface area contributed by atoms with E-state index in [9.17, 15) is 0 Å². The molecule has 0 radical (unpaired) electrons. The van der Waals surface area contributed by atoms with Crippen LogP contribution < -0.4 is 5.32 Å². The van der Waals surface area contributed by atoms with Gasteiger partial charge in [-0.05, 0) is 38.4 Å². The van der Waals surface area contributed by atoms with E-state index in [1.807, 2.05) is 7.05 Å². The molecule has 0 atom stereocenters. The fraction of sp³-hybridized carbons (Fsp3) is 0.556. The van der Waals surface area contributed by atoms with Crippen molar-refractivity contribution in [2.45, 2.75) is 19.3 Å². The van der Waals surface area contributed by atoms with Gasteiger partial charge in [-0.3, -0.25) is 0 Å². The summed E-state index contributed by atoms with van der Waals surface area (Å²) in [4.78, 5) is 0. The molecule has 0 heterocycles. The molecule has 0 aromatic rings. The molecule has 1 N–H and O–H groups in total. The Morgan fingerprint density at radius 1 is 1.45 bits per heavy atom. The first-order chi connectivity index (χ1) is 5.34. The maximum Gasteiger partial charge on any atom is 0.0395 e. The van der Waals surface area contributed by atoms with Gasteiger partial charge in [0.2, 0.25) is 0 Å². The highest BCUT2D eigenvalue weighted by atomic mass is 35.5. The Labute approximate surface area is 73.1 Å². The van der Waals surface area contributed by atoms with Gasteiger partial charge in [0.05, 0.1) is 0 Å². The number of hydrogen-bond donors (Lipinski definition) is 1. The summed E-state index contributed by atoms with van der Waals surface area (Å²) < 4.78 is 0. The van der Waals surface area contributed by atoms with Crippen LogP contribution in [0.15, 0.2) is 22.8 Å². The topological polar surface area (TPSA) is 12.0 Å². The minimum atomic E-state index is 0.950. The van der Waals surface area contributed by atoms with Gasteiger partial charge in [-0.15, -0.1) is 0 Å². The fourth-order valence-corrected chi connectivity index (χ4v) is 1.46. The number of rotatable bonds is 3. The van der Waals surface area contributed by atoms with E-state index in [2.05, 4.69) is 17.5 Å². The molecule has 0 bridgehead atoms. The van der Waals surface area contributed by atoms with Gasteiger partial charge in [0.15, 0.2) is 0 Å². The standard InChI is InChI=1S/C9H14ClN/c1-11-7-6-8-4-2-3-5-9(8)10/h4-5,11H,2-3,6-7H2,1H3. The molecule has 1 aliphatic rings. The quantitative estimate of drug-likeness (QED) is 0.688. The predicted octanol–water partition coefficient (Wildman–Crippen LogP) is 2.44. The fourth-order valence-electron chi connectivity index (χ4n) is 1.18. The number of halogens is 1. The van der Waals surface area contributed by atoms with Crippen molar-refractivity contribution in [3.63, 3.8) is 0 Å². The third kappa shape index (κ3) is 2.68. The van der Waals surface area contributed by atoms with E-state index in [0.717, 1.165) is 30.8 Å². The van der Waals surface area contributed by atoms with Crippen LogP contribution in [0.3, 0.4) is 0 Å². The molecule has 1 rings (SSSR count). The van der Waals surface area contributed by atoms with Crippen LogP contribution in [-0.2, 0) is 0 Å². The molecule has 62 valence electrons. The monoisotopic (exact) mass is 171 g/mol. The van der Waals surface area contributed by atoms with Gasteiger partial charge in [0.1, 0.15) is 0 Å². The average Bonchev–Trinajstić information content (AvgIpc) is 2.03. The molecule has 0 aliphatic heterocycles. The summed E-state index contributed by atoms with van der Waals surface area (Å²) in [6, 6.07) is 0. The summed E-state index contributed by atoms with van der Waals surface area (Å²) in [7, 11) is 1.96. The second kappa shape index (κ2) is 4.58. The first-order valence-electron chi connectivity index (χ1n) is 4.04. The van der Waals surface area contributed by atoms with Crippen LogP contribution in [-0.4, -0.2) is 13.6 Å². The number of nitrogens with one attached hydrogen (secondary N) is 1.